The summed E-state index contributed by atoms with van der Waals surface area (Å²) in [6.45, 7) is 2.18. The molecule has 0 atom stereocenters. The van der Waals surface area contributed by atoms with Crippen LogP contribution in [0.1, 0.15) is 12.5 Å². The summed E-state index contributed by atoms with van der Waals surface area (Å²) in [5, 5.41) is 3.84. The monoisotopic (exact) mass is 298 g/mol. The minimum atomic E-state index is -4.07. The molecule has 0 unspecified atom stereocenters. The van der Waals surface area contributed by atoms with E-state index in [1.54, 1.807) is 19.1 Å². The molecule has 18 heavy (non-hydrogen) atoms. The van der Waals surface area contributed by atoms with Gasteiger partial charge >= 0.3 is 9.15 Å². The average molecular weight is 298 g/mol. The van der Waals surface area contributed by atoms with E-state index in [2.05, 4.69) is 5.16 Å². The van der Waals surface area contributed by atoms with E-state index in [1.807, 2.05) is 18.2 Å². The van der Waals surface area contributed by atoms with Gasteiger partial charge in [-0.2, -0.15) is 8.42 Å². The summed E-state index contributed by atoms with van der Waals surface area (Å²) in [4.78, 5) is 4.91. The van der Waals surface area contributed by atoms with E-state index < -0.39 is 9.15 Å². The summed E-state index contributed by atoms with van der Waals surface area (Å²) in [5.41, 5.74) is 1.23. The number of oxime groups is 1. The van der Waals surface area contributed by atoms with Crippen LogP contribution in [0.2, 0.25) is 0 Å². The Morgan fingerprint density at radius 3 is 2.50 bits per heavy atom. The molecule has 0 heterocycles. The maximum absolute atomic E-state index is 10.7. The molecule has 1 rings (SSSR count). The first kappa shape index (κ1) is 17.9. The molecule has 0 spiro atoms. The summed E-state index contributed by atoms with van der Waals surface area (Å²) >= 11 is 0. The Labute approximate surface area is 132 Å². The maximum Gasteiger partial charge on any atom is 0.320 e. The Bertz CT molecular complexity index is 476. The molecule has 0 aromatic heterocycles. The molecular weight excluding hydrogens is 285 g/mol. The van der Waals surface area contributed by atoms with Crippen LogP contribution in [0.4, 0.5) is 0 Å². The van der Waals surface area contributed by atoms with Gasteiger partial charge in [-0.25, -0.2) is 0 Å². The van der Waals surface area contributed by atoms with E-state index in [-0.39, 0.29) is 35.3 Å². The zero-order chi connectivity index (χ0) is 12.7. The molecule has 0 aliphatic carbocycles. The van der Waals surface area contributed by atoms with Crippen LogP contribution in [0.5, 0.6) is 0 Å². The zero-order valence-corrected chi connectivity index (χ0v) is 13.9. The van der Waals surface area contributed by atoms with E-state index in [9.17, 15) is 8.42 Å². The Morgan fingerprint density at radius 1 is 1.39 bits per heavy atom. The summed E-state index contributed by atoms with van der Waals surface area (Å²) in [5.74, 6) is 0.0306. The smallest absolute Gasteiger partial charge is 0.320 e. The molecule has 8 heteroatoms. The molecule has 0 amide bonds. The van der Waals surface area contributed by atoms with Crippen LogP contribution in [0, 0.1) is 0 Å². The van der Waals surface area contributed by atoms with Gasteiger partial charge in [-0.1, -0.05) is 35.5 Å². The van der Waals surface area contributed by atoms with Crippen LogP contribution in [0.15, 0.2) is 35.5 Å². The van der Waals surface area contributed by atoms with Crippen molar-refractivity contribution in [3.05, 3.63) is 35.9 Å². The Hall–Kier alpha value is -0.0500. The fraction of sp³-hybridized carbons (Fsp3) is 0.300. The molecule has 0 saturated heterocycles. The van der Waals surface area contributed by atoms with Gasteiger partial charge < -0.3 is 4.84 Å². The van der Waals surface area contributed by atoms with Crippen molar-refractivity contribution in [3.63, 3.8) is 0 Å². The van der Waals surface area contributed by atoms with Crippen molar-refractivity contribution >= 4 is 55.2 Å². The van der Waals surface area contributed by atoms with Gasteiger partial charge in [-0.3, -0.25) is 4.55 Å². The Kier molecular flexibility index (Phi) is 8.93. The van der Waals surface area contributed by atoms with E-state index in [0.29, 0.717) is 23.1 Å². The van der Waals surface area contributed by atoms with E-state index in [4.69, 9.17) is 9.39 Å². The fourth-order valence-corrected chi connectivity index (χ4v) is 2.33. The van der Waals surface area contributed by atoms with Crippen LogP contribution in [0.25, 0.3) is 0 Å². The summed E-state index contributed by atoms with van der Waals surface area (Å²) < 4.78 is 30.0. The largest absolute Gasteiger partial charge is 0.396 e. The van der Waals surface area contributed by atoms with Crippen LogP contribution in [-0.4, -0.2) is 60.6 Å². The molecule has 0 aliphatic rings. The number of hydrogen-bond donors (Lipinski definition) is 1. The molecule has 1 radical (unpaired) electrons. The molecule has 1 aromatic rings. The van der Waals surface area contributed by atoms with Crippen LogP contribution < -0.4 is 0 Å². The van der Waals surface area contributed by atoms with E-state index >= 15 is 0 Å². The molecule has 5 nitrogen and oxygen atoms in total. The molecule has 0 bridgehead atoms. The second-order valence-corrected chi connectivity index (χ2v) is 6.36. The average Bonchev–Trinajstić information content (AvgIpc) is 2.29. The third-order valence-electron chi connectivity index (χ3n) is 1.76. The number of rotatable bonds is 6. The number of nitrogens with zero attached hydrogens (tertiary/aromatic N) is 1. The first-order chi connectivity index (χ1) is 8.03. The minimum absolute atomic E-state index is 0. The minimum Gasteiger partial charge on any atom is -0.396 e. The SMILES string of the molecule is CCON=C(CSS(=O)(=O)O)c1ccccc1.[Na]. The summed E-state index contributed by atoms with van der Waals surface area (Å²) in [6, 6.07) is 9.06. The number of benzene rings is 1. The van der Waals surface area contributed by atoms with Gasteiger partial charge in [0, 0.05) is 45.9 Å². The van der Waals surface area contributed by atoms with Gasteiger partial charge in [0.05, 0.1) is 11.5 Å². The second kappa shape index (κ2) is 8.95. The van der Waals surface area contributed by atoms with Gasteiger partial charge in [0.15, 0.2) is 0 Å². The molecule has 1 aromatic carbocycles. The summed E-state index contributed by atoms with van der Waals surface area (Å²) in [6.07, 6.45) is 0. The molecule has 0 aliphatic heterocycles. The quantitative estimate of drug-likeness (QED) is 0.284. The Balaban J connectivity index is 0.00000289. The van der Waals surface area contributed by atoms with Crippen LogP contribution in [-0.2, 0) is 14.0 Å². The van der Waals surface area contributed by atoms with Gasteiger partial charge in [0.2, 0.25) is 0 Å². The first-order valence-electron chi connectivity index (χ1n) is 4.89. The van der Waals surface area contributed by atoms with Crippen molar-refractivity contribution in [2.45, 2.75) is 6.92 Å². The van der Waals surface area contributed by atoms with Crippen molar-refractivity contribution < 1.29 is 17.8 Å². The topological polar surface area (TPSA) is 76.0 Å². The third kappa shape index (κ3) is 7.40. The van der Waals surface area contributed by atoms with Crippen LogP contribution in [0.3, 0.4) is 0 Å². The Morgan fingerprint density at radius 2 is 2.00 bits per heavy atom. The fourth-order valence-electron chi connectivity index (χ4n) is 1.07. The van der Waals surface area contributed by atoms with Gasteiger partial charge in [0.1, 0.15) is 6.61 Å². The predicted octanol–water partition coefficient (Wildman–Crippen LogP) is 1.58. The first-order valence-corrected chi connectivity index (χ1v) is 7.83. The second-order valence-electron chi connectivity index (χ2n) is 3.01. The van der Waals surface area contributed by atoms with Crippen molar-refractivity contribution in [1.29, 1.82) is 0 Å². The molecule has 1 N–H and O–H groups in total. The predicted molar refractivity (Wildman–Crippen MR) is 74.4 cm³/mol. The molecule has 0 saturated carbocycles. The van der Waals surface area contributed by atoms with Crippen molar-refractivity contribution in [2.24, 2.45) is 5.16 Å². The van der Waals surface area contributed by atoms with Gasteiger partial charge in [-0.15, -0.1) is 0 Å². The number of hydrogen-bond acceptors (Lipinski definition) is 5. The third-order valence-corrected chi connectivity index (χ3v) is 3.69. The zero-order valence-electron chi connectivity index (χ0n) is 10.2. The van der Waals surface area contributed by atoms with Crippen molar-refractivity contribution in [1.82, 2.24) is 0 Å². The standard InChI is InChI=1S/C10H13NO4S2.Na/c1-2-15-11-10(8-16-17(12,13)14)9-6-4-3-5-7-9;/h3-7H,2,8H2,1H3,(H,12,13,14);. The van der Waals surface area contributed by atoms with Crippen molar-refractivity contribution in [3.8, 4) is 0 Å². The van der Waals surface area contributed by atoms with Gasteiger partial charge in [0.25, 0.3) is 0 Å². The molecule has 95 valence electrons. The van der Waals surface area contributed by atoms with Gasteiger partial charge in [-0.05, 0) is 6.92 Å². The molecule has 0 fully saturated rings. The molecular formula is C10H13NNaO4S2. The summed E-state index contributed by atoms with van der Waals surface area (Å²) in [7, 11) is -3.67. The van der Waals surface area contributed by atoms with Crippen LogP contribution >= 0.6 is 10.8 Å². The normalized spacial score (nSPS) is 11.8. The van der Waals surface area contributed by atoms with Crippen molar-refractivity contribution in [2.75, 3.05) is 12.4 Å². The maximum atomic E-state index is 10.7. The van der Waals surface area contributed by atoms with E-state index in [1.165, 1.54) is 0 Å². The van der Waals surface area contributed by atoms with E-state index in [0.717, 1.165) is 5.56 Å².